The minimum absolute atomic E-state index is 0.0856. The normalized spacial score (nSPS) is 12.4. The van der Waals surface area contributed by atoms with Crippen molar-refractivity contribution in [2.75, 3.05) is 19.8 Å². The molecule has 0 fully saturated rings. The van der Waals surface area contributed by atoms with Crippen molar-refractivity contribution in [1.82, 2.24) is 0 Å². The Morgan fingerprint density at radius 3 is 1.29 bits per heavy atom. The number of hydrogen-bond acceptors (Lipinski definition) is 5. The molecule has 0 aromatic rings. The van der Waals surface area contributed by atoms with Crippen LogP contribution in [0.15, 0.2) is 36.5 Å². The van der Waals surface area contributed by atoms with Gasteiger partial charge < -0.3 is 14.2 Å². The van der Waals surface area contributed by atoms with E-state index < -0.39 is 6.10 Å². The van der Waals surface area contributed by atoms with Crippen LogP contribution in [-0.4, -0.2) is 37.9 Å². The second-order valence-corrected chi connectivity index (χ2v) is 16.4. The molecule has 0 aromatic heterocycles. The Kier molecular flexibility index (Phi) is 45.9. The van der Waals surface area contributed by atoms with Crippen LogP contribution >= 0.6 is 0 Å². The number of hydrogen-bond donors (Lipinski definition) is 0. The van der Waals surface area contributed by atoms with Gasteiger partial charge in [-0.15, -0.1) is 0 Å². The third kappa shape index (κ3) is 44.8. The zero-order chi connectivity index (χ0) is 40.7. The molecule has 1 atom stereocenters. The Bertz CT molecular complexity index is 893. The smallest absolute Gasteiger partial charge is 0.306 e. The largest absolute Gasteiger partial charge is 0.462 e. The van der Waals surface area contributed by atoms with Gasteiger partial charge in [-0.2, -0.15) is 0 Å². The molecule has 0 saturated heterocycles. The molecule has 0 heterocycles. The molecule has 0 aliphatic heterocycles. The third-order valence-electron chi connectivity index (χ3n) is 10.7. The second kappa shape index (κ2) is 47.5. The molecule has 1 unspecified atom stereocenters. The summed E-state index contributed by atoms with van der Waals surface area (Å²) in [5, 5.41) is 0. The van der Waals surface area contributed by atoms with E-state index in [1.807, 2.05) is 0 Å². The van der Waals surface area contributed by atoms with Crippen molar-refractivity contribution in [3.63, 3.8) is 0 Å². The molecule has 0 spiro atoms. The zero-order valence-corrected chi connectivity index (χ0v) is 37.7. The topological polar surface area (TPSA) is 61.8 Å². The van der Waals surface area contributed by atoms with Crippen molar-refractivity contribution in [1.29, 1.82) is 0 Å². The van der Waals surface area contributed by atoms with Crippen LogP contribution in [0, 0.1) is 0 Å². The number of esters is 2. The van der Waals surface area contributed by atoms with Crippen molar-refractivity contribution in [3.8, 4) is 0 Å². The minimum Gasteiger partial charge on any atom is -0.462 e. The molecular weight excluding hydrogens is 693 g/mol. The highest BCUT2D eigenvalue weighted by Gasteiger charge is 2.17. The van der Waals surface area contributed by atoms with Gasteiger partial charge in [0.1, 0.15) is 6.61 Å². The molecule has 0 radical (unpaired) electrons. The molecule has 0 bridgehead atoms. The maximum atomic E-state index is 12.7. The van der Waals surface area contributed by atoms with Gasteiger partial charge in [0.25, 0.3) is 0 Å². The van der Waals surface area contributed by atoms with Crippen LogP contribution in [0.3, 0.4) is 0 Å². The van der Waals surface area contributed by atoms with Gasteiger partial charge in [0, 0.05) is 19.4 Å². The van der Waals surface area contributed by atoms with Crippen LogP contribution in [0.1, 0.15) is 252 Å². The maximum absolute atomic E-state index is 12.7. The fraction of sp³-hybridized carbons (Fsp3) is 0.843. The molecule has 0 aromatic carbocycles. The van der Waals surface area contributed by atoms with Crippen molar-refractivity contribution < 1.29 is 23.8 Å². The summed E-state index contributed by atoms with van der Waals surface area (Å²) in [6, 6.07) is 0. The third-order valence-corrected chi connectivity index (χ3v) is 10.7. The van der Waals surface area contributed by atoms with E-state index in [1.54, 1.807) is 0 Å². The molecule has 0 rings (SSSR count). The van der Waals surface area contributed by atoms with E-state index in [1.165, 1.54) is 154 Å². The molecule has 0 aliphatic rings. The van der Waals surface area contributed by atoms with Crippen LogP contribution < -0.4 is 0 Å². The van der Waals surface area contributed by atoms with Crippen molar-refractivity contribution in [3.05, 3.63) is 36.5 Å². The zero-order valence-electron chi connectivity index (χ0n) is 37.7. The van der Waals surface area contributed by atoms with Gasteiger partial charge in [0.2, 0.25) is 0 Å². The predicted octanol–water partition coefficient (Wildman–Crippen LogP) is 16.2. The van der Waals surface area contributed by atoms with E-state index >= 15 is 0 Å². The molecule has 328 valence electrons. The van der Waals surface area contributed by atoms with Crippen molar-refractivity contribution in [2.24, 2.45) is 0 Å². The Morgan fingerprint density at radius 1 is 0.411 bits per heavy atom. The van der Waals surface area contributed by atoms with Gasteiger partial charge in [-0.05, 0) is 51.4 Å². The average Bonchev–Trinajstić information content (AvgIpc) is 3.20. The van der Waals surface area contributed by atoms with Gasteiger partial charge in [-0.25, -0.2) is 0 Å². The molecule has 5 heteroatoms. The number of carbonyl (C=O) groups excluding carboxylic acids is 2. The van der Waals surface area contributed by atoms with E-state index in [0.717, 1.165) is 64.2 Å². The van der Waals surface area contributed by atoms with Gasteiger partial charge in [0.05, 0.1) is 6.61 Å². The Morgan fingerprint density at radius 2 is 0.804 bits per heavy atom. The summed E-state index contributed by atoms with van der Waals surface area (Å²) in [6.07, 6.45) is 55.7. The van der Waals surface area contributed by atoms with Crippen molar-refractivity contribution in [2.45, 2.75) is 258 Å². The number of unbranched alkanes of at least 4 members (excludes halogenated alkanes) is 28. The monoisotopic (exact) mass is 787 g/mol. The minimum atomic E-state index is -0.532. The molecule has 56 heavy (non-hydrogen) atoms. The lowest BCUT2D eigenvalue weighted by Gasteiger charge is -2.18. The van der Waals surface area contributed by atoms with Crippen LogP contribution in [-0.2, 0) is 23.8 Å². The van der Waals surface area contributed by atoms with E-state index in [4.69, 9.17) is 14.2 Å². The predicted molar refractivity (Wildman–Crippen MR) is 242 cm³/mol. The standard InChI is InChI=1S/C51H94O5/c1-4-7-10-13-16-19-22-24-25-26-27-29-30-32-35-38-41-44-50(52)55-48-49(47-54-46-43-40-37-34-21-18-15-12-9-6-3)56-51(53)45-42-39-36-33-31-28-23-20-17-14-11-8-5-2/h7,10,16,19,24-25,49H,4-6,8-9,11-15,17-18,20-23,26-48H2,1-3H3/b10-7-,19-16-,25-24-. The maximum Gasteiger partial charge on any atom is 0.306 e. The van der Waals surface area contributed by atoms with E-state index in [9.17, 15) is 9.59 Å². The highest BCUT2D eigenvalue weighted by molar-refractivity contribution is 5.70. The molecule has 0 amide bonds. The van der Waals surface area contributed by atoms with Crippen LogP contribution in [0.4, 0.5) is 0 Å². The summed E-state index contributed by atoms with van der Waals surface area (Å²) in [7, 11) is 0. The van der Waals surface area contributed by atoms with Crippen molar-refractivity contribution >= 4 is 11.9 Å². The van der Waals surface area contributed by atoms with Gasteiger partial charge in [0.15, 0.2) is 6.10 Å². The fourth-order valence-corrected chi connectivity index (χ4v) is 7.05. The highest BCUT2D eigenvalue weighted by Crippen LogP contribution is 2.15. The van der Waals surface area contributed by atoms with Crippen LogP contribution in [0.25, 0.3) is 0 Å². The Hall–Kier alpha value is -1.88. The fourth-order valence-electron chi connectivity index (χ4n) is 7.05. The first-order chi connectivity index (χ1) is 27.6. The second-order valence-electron chi connectivity index (χ2n) is 16.4. The summed E-state index contributed by atoms with van der Waals surface area (Å²) < 4.78 is 17.3. The van der Waals surface area contributed by atoms with Gasteiger partial charge in [-0.3, -0.25) is 9.59 Å². The van der Waals surface area contributed by atoms with E-state index in [2.05, 4.69) is 57.2 Å². The lowest BCUT2D eigenvalue weighted by atomic mass is 10.0. The highest BCUT2D eigenvalue weighted by atomic mass is 16.6. The molecule has 0 N–H and O–H groups in total. The lowest BCUT2D eigenvalue weighted by molar-refractivity contribution is -0.163. The van der Waals surface area contributed by atoms with E-state index in [0.29, 0.717) is 26.1 Å². The molecular formula is C51H94O5. The van der Waals surface area contributed by atoms with Gasteiger partial charge in [-0.1, -0.05) is 224 Å². The summed E-state index contributed by atoms with van der Waals surface area (Å²) in [5.41, 5.74) is 0. The Labute approximate surface area is 349 Å². The number of ether oxygens (including phenoxy) is 3. The first-order valence-corrected chi connectivity index (χ1v) is 24.5. The molecule has 0 saturated carbocycles. The first kappa shape index (κ1) is 54.1. The van der Waals surface area contributed by atoms with Crippen LogP contribution in [0.5, 0.6) is 0 Å². The first-order valence-electron chi connectivity index (χ1n) is 24.5. The number of carbonyl (C=O) groups is 2. The lowest BCUT2D eigenvalue weighted by Crippen LogP contribution is -2.30. The summed E-state index contributed by atoms with van der Waals surface area (Å²) in [5.74, 6) is -0.396. The SMILES string of the molecule is CC/C=C\C/C=C\C/C=C\CCCCCCCCCC(=O)OCC(COCCCCCCCCCCCC)OC(=O)CCCCCCCCCCCCCCC. The quantitative estimate of drug-likeness (QED) is 0.0349. The summed E-state index contributed by atoms with van der Waals surface area (Å²) in [4.78, 5) is 25.3. The molecule has 5 nitrogen and oxygen atoms in total. The Balaban J connectivity index is 4.20. The summed E-state index contributed by atoms with van der Waals surface area (Å²) >= 11 is 0. The van der Waals surface area contributed by atoms with E-state index in [-0.39, 0.29) is 18.5 Å². The number of allylic oxidation sites excluding steroid dienone is 6. The summed E-state index contributed by atoms with van der Waals surface area (Å²) in [6.45, 7) is 7.74. The number of rotatable bonds is 45. The van der Waals surface area contributed by atoms with Crippen LogP contribution in [0.2, 0.25) is 0 Å². The average molecular weight is 787 g/mol. The molecule has 0 aliphatic carbocycles. The van der Waals surface area contributed by atoms with Gasteiger partial charge >= 0.3 is 11.9 Å².